The number of hydrogen-bond donors (Lipinski definition) is 1. The topological polar surface area (TPSA) is 89.6 Å². The molecular formula is C20H20N5O2-. The number of aliphatic hydroxyl groups excluding tert-OH is 1. The maximum absolute atomic E-state index is 11.6. The lowest BCUT2D eigenvalue weighted by atomic mass is 10.0. The highest BCUT2D eigenvalue weighted by Gasteiger charge is 2.14. The van der Waals surface area contributed by atoms with Crippen molar-refractivity contribution in [2.75, 3.05) is 12.1 Å². The van der Waals surface area contributed by atoms with Crippen molar-refractivity contribution in [3.8, 4) is 11.3 Å². The quantitative estimate of drug-likeness (QED) is 0.558. The van der Waals surface area contributed by atoms with Gasteiger partial charge in [-0.1, -0.05) is 6.92 Å². The van der Waals surface area contributed by atoms with Gasteiger partial charge in [0, 0.05) is 28.7 Å². The Morgan fingerprint density at radius 3 is 2.74 bits per heavy atom. The van der Waals surface area contributed by atoms with Crippen LogP contribution in [0.3, 0.4) is 0 Å². The first-order chi connectivity index (χ1) is 13.0. The molecule has 0 saturated heterocycles. The van der Waals surface area contributed by atoms with Crippen molar-refractivity contribution in [1.29, 1.82) is 0 Å². The molecule has 0 amide bonds. The van der Waals surface area contributed by atoms with Gasteiger partial charge in [-0.25, -0.2) is 9.50 Å². The van der Waals surface area contributed by atoms with E-state index >= 15 is 0 Å². The van der Waals surface area contributed by atoms with Crippen molar-refractivity contribution in [1.82, 2.24) is 19.6 Å². The van der Waals surface area contributed by atoms with E-state index in [-0.39, 0.29) is 0 Å². The van der Waals surface area contributed by atoms with Crippen molar-refractivity contribution < 1.29 is 5.11 Å². The lowest BCUT2D eigenvalue weighted by Crippen LogP contribution is -2.08. The molecule has 0 aromatic carbocycles. The molecule has 0 fully saturated rings. The second-order valence-corrected chi connectivity index (χ2v) is 6.63. The summed E-state index contributed by atoms with van der Waals surface area (Å²) in [7, 11) is 1.43. The summed E-state index contributed by atoms with van der Waals surface area (Å²) in [5.74, 6) is 0.356. The third kappa shape index (κ3) is 2.90. The Morgan fingerprint density at radius 1 is 1.22 bits per heavy atom. The predicted molar refractivity (Wildman–Crippen MR) is 105 cm³/mol. The van der Waals surface area contributed by atoms with E-state index in [1.165, 1.54) is 7.05 Å². The summed E-state index contributed by atoms with van der Waals surface area (Å²) in [4.78, 5) is 8.68. The van der Waals surface area contributed by atoms with Crippen LogP contribution in [-0.2, 0) is 0 Å². The molecule has 0 saturated carbocycles. The van der Waals surface area contributed by atoms with Gasteiger partial charge in [-0.3, -0.25) is 4.98 Å². The van der Waals surface area contributed by atoms with Gasteiger partial charge in [-0.15, -0.1) is 0 Å². The van der Waals surface area contributed by atoms with Gasteiger partial charge in [0.2, 0.25) is 0 Å². The van der Waals surface area contributed by atoms with Crippen molar-refractivity contribution in [2.45, 2.75) is 26.4 Å². The van der Waals surface area contributed by atoms with Crippen molar-refractivity contribution in [2.24, 2.45) is 0 Å². The Morgan fingerprint density at radius 2 is 2.04 bits per heavy atom. The third-order valence-corrected chi connectivity index (χ3v) is 4.82. The molecule has 1 atom stereocenters. The minimum Gasteiger partial charge on any atom is -0.757 e. The summed E-state index contributed by atoms with van der Waals surface area (Å²) in [6, 6.07) is 7.60. The zero-order valence-corrected chi connectivity index (χ0v) is 15.4. The Labute approximate surface area is 156 Å². The first kappa shape index (κ1) is 17.4. The van der Waals surface area contributed by atoms with E-state index in [4.69, 9.17) is 0 Å². The van der Waals surface area contributed by atoms with Crippen LogP contribution in [0.25, 0.3) is 27.5 Å². The van der Waals surface area contributed by atoms with E-state index in [0.717, 1.165) is 38.2 Å². The third-order valence-electron chi connectivity index (χ3n) is 4.82. The highest BCUT2D eigenvalue weighted by molar-refractivity contribution is 5.99. The Balaban J connectivity index is 1.94. The SMILES string of the molecule is CCC(O)c1cc(C)c(-c2cc3cnc(N(C)[O-])cc3c3ccnn23)cn1. The predicted octanol–water partition coefficient (Wildman–Crippen LogP) is 3.63. The zero-order valence-electron chi connectivity index (χ0n) is 15.4. The fourth-order valence-corrected chi connectivity index (χ4v) is 3.30. The second-order valence-electron chi connectivity index (χ2n) is 6.63. The van der Waals surface area contributed by atoms with Crippen LogP contribution in [0.15, 0.2) is 42.9 Å². The van der Waals surface area contributed by atoms with E-state index in [2.05, 4.69) is 15.1 Å². The number of fused-ring (bicyclic) bond motifs is 3. The van der Waals surface area contributed by atoms with E-state index < -0.39 is 6.10 Å². The molecule has 0 aliphatic heterocycles. The molecule has 7 heteroatoms. The molecular weight excluding hydrogens is 342 g/mol. The molecule has 1 unspecified atom stereocenters. The molecule has 138 valence electrons. The number of anilines is 1. The Bertz CT molecular complexity index is 1140. The van der Waals surface area contributed by atoms with Gasteiger partial charge in [0.1, 0.15) is 5.82 Å². The average molecular weight is 362 g/mol. The summed E-state index contributed by atoms with van der Waals surface area (Å²) in [6.45, 7) is 3.92. The largest absolute Gasteiger partial charge is 0.757 e. The van der Waals surface area contributed by atoms with Gasteiger partial charge in [0.05, 0.1) is 29.2 Å². The Kier molecular flexibility index (Phi) is 4.25. The van der Waals surface area contributed by atoms with Gasteiger partial charge >= 0.3 is 0 Å². The van der Waals surface area contributed by atoms with Gasteiger partial charge < -0.3 is 15.4 Å². The van der Waals surface area contributed by atoms with Crippen molar-refractivity contribution >= 4 is 22.1 Å². The Hall–Kier alpha value is -3.03. The van der Waals surface area contributed by atoms with Gasteiger partial charge in [-0.2, -0.15) is 5.10 Å². The van der Waals surface area contributed by atoms with Gasteiger partial charge in [0.15, 0.2) is 0 Å². The number of rotatable bonds is 4. The summed E-state index contributed by atoms with van der Waals surface area (Å²) >= 11 is 0. The van der Waals surface area contributed by atoms with Crippen LogP contribution in [-0.4, -0.2) is 31.7 Å². The highest BCUT2D eigenvalue weighted by Crippen LogP contribution is 2.31. The lowest BCUT2D eigenvalue weighted by molar-refractivity contribution is 0.169. The number of nitrogens with zero attached hydrogens (tertiary/aromatic N) is 5. The van der Waals surface area contributed by atoms with Crippen LogP contribution in [0.4, 0.5) is 5.82 Å². The smallest absolute Gasteiger partial charge is 0.118 e. The minimum atomic E-state index is -0.564. The van der Waals surface area contributed by atoms with E-state index in [0.29, 0.717) is 17.9 Å². The maximum Gasteiger partial charge on any atom is 0.118 e. The standard InChI is InChI=1S/C20H20N5O2/c1-4-19(26)16-7-12(2)15(11-21-16)18-8-13-10-22-20(24(3)27)9-14(13)17-5-6-23-25(17)18/h5-11,19,26H,4H2,1-3H3/q-1. The van der Waals surface area contributed by atoms with Gasteiger partial charge in [-0.05, 0) is 50.2 Å². The average Bonchev–Trinajstić information content (AvgIpc) is 3.16. The fourth-order valence-electron chi connectivity index (χ4n) is 3.30. The van der Waals surface area contributed by atoms with Crippen LogP contribution >= 0.6 is 0 Å². The number of aliphatic hydroxyl groups is 1. The summed E-state index contributed by atoms with van der Waals surface area (Å²) < 4.78 is 1.84. The molecule has 0 spiro atoms. The molecule has 7 nitrogen and oxygen atoms in total. The fraction of sp³-hybridized carbons (Fsp3) is 0.250. The molecule has 0 aliphatic carbocycles. The first-order valence-corrected chi connectivity index (χ1v) is 8.82. The van der Waals surface area contributed by atoms with Crippen LogP contribution in [0.2, 0.25) is 0 Å². The zero-order chi connectivity index (χ0) is 19.1. The minimum absolute atomic E-state index is 0.356. The van der Waals surface area contributed by atoms with Crippen LogP contribution in [0, 0.1) is 12.1 Å². The molecule has 0 bridgehead atoms. The lowest BCUT2D eigenvalue weighted by Gasteiger charge is -2.23. The number of hydroxylamine groups is 1. The number of pyridine rings is 3. The van der Waals surface area contributed by atoms with Gasteiger partial charge in [0.25, 0.3) is 0 Å². The van der Waals surface area contributed by atoms with E-state index in [1.807, 2.05) is 36.6 Å². The number of aryl methyl sites for hydroxylation is 1. The number of hydrogen-bond acceptors (Lipinski definition) is 6. The summed E-state index contributed by atoms with van der Waals surface area (Å²) in [5, 5.41) is 28.7. The monoisotopic (exact) mass is 362 g/mol. The van der Waals surface area contributed by atoms with Crippen LogP contribution in [0.1, 0.15) is 30.7 Å². The molecule has 0 aliphatic rings. The normalized spacial score (nSPS) is 12.6. The molecule has 1 N–H and O–H groups in total. The molecule has 4 rings (SSSR count). The molecule has 0 radical (unpaired) electrons. The second kappa shape index (κ2) is 6.61. The molecule has 4 aromatic rings. The van der Waals surface area contributed by atoms with Crippen LogP contribution < -0.4 is 5.06 Å². The molecule has 4 aromatic heterocycles. The van der Waals surface area contributed by atoms with E-state index in [9.17, 15) is 10.3 Å². The van der Waals surface area contributed by atoms with Crippen molar-refractivity contribution in [3.63, 3.8) is 0 Å². The molecule has 27 heavy (non-hydrogen) atoms. The summed E-state index contributed by atoms with van der Waals surface area (Å²) in [6.07, 6.45) is 5.27. The number of aromatic nitrogens is 4. The maximum atomic E-state index is 11.6. The first-order valence-electron chi connectivity index (χ1n) is 8.82. The molecule has 4 heterocycles. The van der Waals surface area contributed by atoms with Crippen LogP contribution in [0.5, 0.6) is 0 Å². The van der Waals surface area contributed by atoms with E-state index in [1.54, 1.807) is 24.7 Å². The highest BCUT2D eigenvalue weighted by atomic mass is 16.5. The summed E-state index contributed by atoms with van der Waals surface area (Å²) in [5.41, 5.74) is 4.39. The van der Waals surface area contributed by atoms with Crippen molar-refractivity contribution in [3.05, 3.63) is 59.3 Å².